The molecule has 0 radical (unpaired) electrons. The SMILES string of the molecule is COc1ccc(CN2CCN(CC(=O)NCc3ccccc3OC(F)(F)F)CC2)cc1. The van der Waals surface area contributed by atoms with Crippen LogP contribution in [0.4, 0.5) is 13.2 Å². The van der Waals surface area contributed by atoms with E-state index in [-0.39, 0.29) is 30.3 Å². The fourth-order valence-corrected chi connectivity index (χ4v) is 3.42. The van der Waals surface area contributed by atoms with Crippen molar-refractivity contribution in [2.45, 2.75) is 19.5 Å². The highest BCUT2D eigenvalue weighted by Gasteiger charge is 2.32. The normalized spacial score (nSPS) is 15.5. The van der Waals surface area contributed by atoms with E-state index >= 15 is 0 Å². The highest BCUT2D eigenvalue weighted by molar-refractivity contribution is 5.78. The number of rotatable bonds is 8. The molecule has 0 spiro atoms. The third-order valence-corrected chi connectivity index (χ3v) is 5.07. The maximum atomic E-state index is 12.5. The second-order valence-electron chi connectivity index (χ2n) is 7.33. The zero-order chi connectivity index (χ0) is 22.3. The molecule has 0 saturated carbocycles. The number of methoxy groups -OCH3 is 1. The Hall–Kier alpha value is -2.78. The number of nitrogens with one attached hydrogen (secondary N) is 1. The number of amides is 1. The molecule has 9 heteroatoms. The van der Waals surface area contributed by atoms with Gasteiger partial charge in [0.05, 0.1) is 13.7 Å². The average Bonchev–Trinajstić information content (AvgIpc) is 2.74. The molecule has 2 aromatic rings. The Morgan fingerprint density at radius 1 is 1.00 bits per heavy atom. The predicted molar refractivity (Wildman–Crippen MR) is 110 cm³/mol. The summed E-state index contributed by atoms with van der Waals surface area (Å²) in [7, 11) is 1.64. The molecule has 1 amide bonds. The Morgan fingerprint density at radius 2 is 1.65 bits per heavy atom. The van der Waals surface area contributed by atoms with Gasteiger partial charge in [0.1, 0.15) is 11.5 Å². The van der Waals surface area contributed by atoms with Crippen LogP contribution in [-0.2, 0) is 17.9 Å². The first kappa shape index (κ1) is 22.9. The molecular formula is C22H26F3N3O3. The van der Waals surface area contributed by atoms with Gasteiger partial charge in [-0.2, -0.15) is 0 Å². The van der Waals surface area contributed by atoms with Gasteiger partial charge in [0.15, 0.2) is 0 Å². The largest absolute Gasteiger partial charge is 0.573 e. The van der Waals surface area contributed by atoms with Gasteiger partial charge < -0.3 is 14.8 Å². The molecule has 3 rings (SSSR count). The van der Waals surface area contributed by atoms with Gasteiger partial charge in [-0.15, -0.1) is 13.2 Å². The fraction of sp³-hybridized carbons (Fsp3) is 0.409. The van der Waals surface area contributed by atoms with E-state index in [0.717, 1.165) is 38.5 Å². The summed E-state index contributed by atoms with van der Waals surface area (Å²) >= 11 is 0. The smallest absolute Gasteiger partial charge is 0.497 e. The summed E-state index contributed by atoms with van der Waals surface area (Å²) in [6.07, 6.45) is -4.77. The van der Waals surface area contributed by atoms with Crippen molar-refractivity contribution in [3.63, 3.8) is 0 Å². The van der Waals surface area contributed by atoms with Crippen molar-refractivity contribution in [3.05, 3.63) is 59.7 Å². The van der Waals surface area contributed by atoms with Crippen LogP contribution in [0, 0.1) is 0 Å². The topological polar surface area (TPSA) is 54.0 Å². The molecule has 0 aromatic heterocycles. The molecule has 31 heavy (non-hydrogen) atoms. The molecule has 1 aliphatic rings. The molecular weight excluding hydrogens is 411 g/mol. The van der Waals surface area contributed by atoms with E-state index in [1.807, 2.05) is 29.2 Å². The molecule has 1 saturated heterocycles. The summed E-state index contributed by atoms with van der Waals surface area (Å²) in [6, 6.07) is 13.8. The summed E-state index contributed by atoms with van der Waals surface area (Å²) in [4.78, 5) is 16.6. The van der Waals surface area contributed by atoms with Crippen molar-refractivity contribution in [1.29, 1.82) is 0 Å². The van der Waals surface area contributed by atoms with Gasteiger partial charge in [-0.25, -0.2) is 0 Å². The molecule has 2 aromatic carbocycles. The molecule has 6 nitrogen and oxygen atoms in total. The Morgan fingerprint density at radius 3 is 2.29 bits per heavy atom. The molecule has 0 unspecified atom stereocenters. The Bertz CT molecular complexity index is 851. The van der Waals surface area contributed by atoms with E-state index in [2.05, 4.69) is 15.0 Å². The number of carbonyl (C=O) groups excluding carboxylic acids is 1. The van der Waals surface area contributed by atoms with Crippen LogP contribution < -0.4 is 14.8 Å². The van der Waals surface area contributed by atoms with E-state index in [1.165, 1.54) is 23.8 Å². The van der Waals surface area contributed by atoms with Crippen molar-refractivity contribution in [1.82, 2.24) is 15.1 Å². The van der Waals surface area contributed by atoms with E-state index in [1.54, 1.807) is 13.2 Å². The summed E-state index contributed by atoms with van der Waals surface area (Å²) in [5, 5.41) is 2.68. The predicted octanol–water partition coefficient (Wildman–Crippen LogP) is 3.03. The monoisotopic (exact) mass is 437 g/mol. The third-order valence-electron chi connectivity index (χ3n) is 5.07. The molecule has 0 aliphatic carbocycles. The van der Waals surface area contributed by atoms with Crippen molar-refractivity contribution in [2.75, 3.05) is 39.8 Å². The van der Waals surface area contributed by atoms with Crippen molar-refractivity contribution in [3.8, 4) is 11.5 Å². The van der Waals surface area contributed by atoms with Gasteiger partial charge in [-0.1, -0.05) is 30.3 Å². The number of halogens is 3. The first-order chi connectivity index (χ1) is 14.8. The summed E-state index contributed by atoms with van der Waals surface area (Å²) in [6.45, 7) is 4.18. The van der Waals surface area contributed by atoms with Crippen molar-refractivity contribution in [2.24, 2.45) is 0 Å². The van der Waals surface area contributed by atoms with Crippen molar-refractivity contribution < 1.29 is 27.4 Å². The number of piperazine rings is 1. The number of benzene rings is 2. The minimum Gasteiger partial charge on any atom is -0.497 e. The number of alkyl halides is 3. The van der Waals surface area contributed by atoms with E-state index < -0.39 is 6.36 Å². The second-order valence-corrected chi connectivity index (χ2v) is 7.33. The first-order valence-corrected chi connectivity index (χ1v) is 10.0. The zero-order valence-electron chi connectivity index (χ0n) is 17.3. The van der Waals surface area contributed by atoms with Crippen LogP contribution in [0.2, 0.25) is 0 Å². The standard InChI is InChI=1S/C22H26F3N3O3/c1-30-19-8-6-17(7-9-19)15-27-10-12-28(13-11-27)16-21(29)26-14-18-4-2-3-5-20(18)31-22(23,24)25/h2-9H,10-16H2,1H3,(H,26,29). The van der Waals surface area contributed by atoms with Crippen LogP contribution in [0.5, 0.6) is 11.5 Å². The third kappa shape index (κ3) is 7.45. The average molecular weight is 437 g/mol. The van der Waals surface area contributed by atoms with Gasteiger partial charge in [-0.3, -0.25) is 14.6 Å². The van der Waals surface area contributed by atoms with Crippen LogP contribution >= 0.6 is 0 Å². The van der Waals surface area contributed by atoms with Gasteiger partial charge in [0.2, 0.25) is 5.91 Å². The number of nitrogens with zero attached hydrogens (tertiary/aromatic N) is 2. The lowest BCUT2D eigenvalue weighted by Crippen LogP contribution is -2.49. The molecule has 1 aliphatic heterocycles. The summed E-state index contributed by atoms with van der Waals surface area (Å²) in [5.74, 6) is 0.292. The number of ether oxygens (including phenoxy) is 2. The second kappa shape index (κ2) is 10.5. The van der Waals surface area contributed by atoms with Crippen LogP contribution in [-0.4, -0.2) is 61.9 Å². The summed E-state index contributed by atoms with van der Waals surface area (Å²) < 4.78 is 46.7. The fourth-order valence-electron chi connectivity index (χ4n) is 3.42. The van der Waals surface area contributed by atoms with E-state index in [9.17, 15) is 18.0 Å². The highest BCUT2D eigenvalue weighted by Crippen LogP contribution is 2.26. The first-order valence-electron chi connectivity index (χ1n) is 10.0. The Balaban J connectivity index is 1.41. The van der Waals surface area contributed by atoms with E-state index in [0.29, 0.717) is 0 Å². The lowest BCUT2D eigenvalue weighted by molar-refractivity contribution is -0.274. The molecule has 0 bridgehead atoms. The molecule has 1 fully saturated rings. The lowest BCUT2D eigenvalue weighted by Gasteiger charge is -2.34. The number of para-hydroxylation sites is 1. The molecule has 1 N–H and O–H groups in total. The molecule has 168 valence electrons. The Labute approximate surface area is 179 Å². The number of hydrogen-bond acceptors (Lipinski definition) is 5. The maximum Gasteiger partial charge on any atom is 0.573 e. The minimum atomic E-state index is -4.77. The van der Waals surface area contributed by atoms with Crippen molar-refractivity contribution >= 4 is 5.91 Å². The van der Waals surface area contributed by atoms with Crippen LogP contribution in [0.1, 0.15) is 11.1 Å². The van der Waals surface area contributed by atoms with Gasteiger partial charge in [0.25, 0.3) is 0 Å². The van der Waals surface area contributed by atoms with Gasteiger partial charge >= 0.3 is 6.36 Å². The number of hydrogen-bond donors (Lipinski definition) is 1. The Kier molecular flexibility index (Phi) is 7.75. The number of carbonyl (C=O) groups is 1. The quantitative estimate of drug-likeness (QED) is 0.688. The maximum absolute atomic E-state index is 12.5. The summed E-state index contributed by atoms with van der Waals surface area (Å²) in [5.41, 5.74) is 1.48. The van der Waals surface area contributed by atoms with Crippen LogP contribution in [0.3, 0.4) is 0 Å². The lowest BCUT2D eigenvalue weighted by atomic mass is 10.2. The van der Waals surface area contributed by atoms with Crippen LogP contribution in [0.25, 0.3) is 0 Å². The zero-order valence-corrected chi connectivity index (χ0v) is 17.3. The van der Waals surface area contributed by atoms with Crippen LogP contribution in [0.15, 0.2) is 48.5 Å². The van der Waals surface area contributed by atoms with Gasteiger partial charge in [-0.05, 0) is 23.8 Å². The minimum absolute atomic E-state index is 0.0253. The molecule has 0 atom stereocenters. The highest BCUT2D eigenvalue weighted by atomic mass is 19.4. The van der Waals surface area contributed by atoms with Gasteiger partial charge in [0, 0.05) is 44.8 Å². The van der Waals surface area contributed by atoms with E-state index in [4.69, 9.17) is 4.74 Å². The molecule has 1 heterocycles.